The Bertz CT molecular complexity index is 939. The Hall–Kier alpha value is -2.45. The average Bonchev–Trinajstić information content (AvgIpc) is 3.47. The van der Waals surface area contributed by atoms with Crippen LogP contribution < -0.4 is 9.47 Å². The highest BCUT2D eigenvalue weighted by molar-refractivity contribution is 7.99. The van der Waals surface area contributed by atoms with E-state index in [1.807, 2.05) is 40.6 Å². The van der Waals surface area contributed by atoms with E-state index >= 15 is 0 Å². The second-order valence-corrected chi connectivity index (χ2v) is 8.03. The highest BCUT2D eigenvalue weighted by atomic mass is 32.2. The van der Waals surface area contributed by atoms with Crippen LogP contribution in [0.3, 0.4) is 0 Å². The van der Waals surface area contributed by atoms with Crippen LogP contribution in [0.2, 0.25) is 0 Å². The monoisotopic (exact) mass is 402 g/mol. The van der Waals surface area contributed by atoms with Gasteiger partial charge in [-0.2, -0.15) is 0 Å². The normalized spacial score (nSPS) is 16.5. The van der Waals surface area contributed by atoms with Crippen LogP contribution in [0.4, 0.5) is 0 Å². The summed E-state index contributed by atoms with van der Waals surface area (Å²) in [5.41, 5.74) is 1.32. The van der Waals surface area contributed by atoms with Gasteiger partial charge < -0.3 is 18.9 Å². The molecule has 1 aromatic carbocycles. The van der Waals surface area contributed by atoms with Crippen LogP contribution in [-0.4, -0.2) is 42.5 Å². The van der Waals surface area contributed by atoms with Crippen molar-refractivity contribution < 1.29 is 18.8 Å². The molecule has 27 heavy (non-hydrogen) atoms. The first-order valence-electron chi connectivity index (χ1n) is 8.36. The van der Waals surface area contributed by atoms with Crippen LogP contribution in [0.5, 0.6) is 11.5 Å². The molecule has 6 nitrogen and oxygen atoms in total. The number of hydrogen-bond donors (Lipinski definition) is 0. The van der Waals surface area contributed by atoms with E-state index in [0.717, 1.165) is 16.2 Å². The molecule has 1 aliphatic rings. The third kappa shape index (κ3) is 3.42. The molecule has 0 radical (unpaired) electrons. The molecule has 1 amide bonds. The molecule has 1 atom stereocenters. The molecular weight excluding hydrogens is 384 g/mol. The number of amides is 1. The van der Waals surface area contributed by atoms with E-state index in [1.54, 1.807) is 43.4 Å². The van der Waals surface area contributed by atoms with E-state index in [-0.39, 0.29) is 11.3 Å². The van der Waals surface area contributed by atoms with Gasteiger partial charge in [-0.05, 0) is 29.1 Å². The lowest BCUT2D eigenvalue weighted by molar-refractivity contribution is 0.0750. The van der Waals surface area contributed by atoms with Gasteiger partial charge in [0, 0.05) is 18.4 Å². The fourth-order valence-corrected chi connectivity index (χ4v) is 4.94. The first kappa shape index (κ1) is 17.9. The zero-order chi connectivity index (χ0) is 18.8. The van der Waals surface area contributed by atoms with Crippen molar-refractivity contribution >= 4 is 29.0 Å². The van der Waals surface area contributed by atoms with E-state index in [4.69, 9.17) is 14.0 Å². The van der Waals surface area contributed by atoms with Gasteiger partial charge in [0.25, 0.3) is 5.91 Å². The summed E-state index contributed by atoms with van der Waals surface area (Å²) in [6.07, 6.45) is 0. The molecule has 140 valence electrons. The maximum absolute atomic E-state index is 13.0. The predicted molar refractivity (Wildman–Crippen MR) is 106 cm³/mol. The highest BCUT2D eigenvalue weighted by Gasteiger charge is 2.33. The first-order chi connectivity index (χ1) is 13.2. The number of carbonyl (C=O) groups is 1. The Morgan fingerprint density at radius 2 is 2.07 bits per heavy atom. The topological polar surface area (TPSA) is 64.8 Å². The van der Waals surface area contributed by atoms with Crippen molar-refractivity contribution in [1.82, 2.24) is 10.1 Å². The number of hydrogen-bond acceptors (Lipinski definition) is 7. The minimum absolute atomic E-state index is 0.0980. The van der Waals surface area contributed by atoms with Crippen molar-refractivity contribution in [2.24, 2.45) is 0 Å². The number of rotatable bonds is 5. The zero-order valence-corrected chi connectivity index (χ0v) is 16.5. The SMILES string of the molecule is COc1ccc(C2SCCN2C(=O)c2cc(-c3cccs3)on2)cc1OC. The van der Waals surface area contributed by atoms with Gasteiger partial charge in [0.15, 0.2) is 23.0 Å². The van der Waals surface area contributed by atoms with Crippen molar-refractivity contribution in [2.45, 2.75) is 5.37 Å². The van der Waals surface area contributed by atoms with Gasteiger partial charge in [0.05, 0.1) is 19.1 Å². The largest absolute Gasteiger partial charge is 0.493 e. The van der Waals surface area contributed by atoms with Gasteiger partial charge in [0.1, 0.15) is 5.37 Å². The van der Waals surface area contributed by atoms with Crippen molar-refractivity contribution in [3.63, 3.8) is 0 Å². The van der Waals surface area contributed by atoms with Gasteiger partial charge >= 0.3 is 0 Å². The average molecular weight is 402 g/mol. The third-order valence-corrected chi connectivity index (χ3v) is 6.48. The fraction of sp³-hybridized carbons (Fsp3) is 0.263. The third-order valence-electron chi connectivity index (χ3n) is 4.34. The van der Waals surface area contributed by atoms with Gasteiger partial charge in [-0.3, -0.25) is 4.79 Å². The molecule has 0 N–H and O–H groups in total. The summed E-state index contributed by atoms with van der Waals surface area (Å²) >= 11 is 3.27. The molecule has 8 heteroatoms. The van der Waals surface area contributed by atoms with Crippen molar-refractivity contribution in [2.75, 3.05) is 26.5 Å². The molecule has 3 aromatic rings. The molecule has 3 heterocycles. The zero-order valence-electron chi connectivity index (χ0n) is 14.9. The summed E-state index contributed by atoms with van der Waals surface area (Å²) in [4.78, 5) is 15.8. The minimum atomic E-state index is -0.133. The molecule has 2 aromatic heterocycles. The summed E-state index contributed by atoms with van der Waals surface area (Å²) < 4.78 is 16.1. The predicted octanol–water partition coefficient (Wildman–Crippen LogP) is 4.31. The Labute approximate surface area is 165 Å². The highest BCUT2D eigenvalue weighted by Crippen LogP contribution is 2.41. The molecule has 1 aliphatic heterocycles. The fourth-order valence-electron chi connectivity index (χ4n) is 3.02. The van der Waals surface area contributed by atoms with Crippen LogP contribution in [0, 0.1) is 0 Å². The summed E-state index contributed by atoms with van der Waals surface area (Å²) in [7, 11) is 3.21. The smallest absolute Gasteiger partial charge is 0.277 e. The molecule has 0 saturated carbocycles. The Balaban J connectivity index is 1.59. The van der Waals surface area contributed by atoms with E-state index < -0.39 is 0 Å². The first-order valence-corrected chi connectivity index (χ1v) is 10.3. The van der Waals surface area contributed by atoms with Crippen LogP contribution >= 0.6 is 23.1 Å². The van der Waals surface area contributed by atoms with Gasteiger partial charge in [-0.1, -0.05) is 17.3 Å². The number of ether oxygens (including phenoxy) is 2. The number of methoxy groups -OCH3 is 2. The lowest BCUT2D eigenvalue weighted by Crippen LogP contribution is -2.30. The number of carbonyl (C=O) groups excluding carboxylic acids is 1. The molecular formula is C19H18N2O4S2. The molecule has 4 rings (SSSR count). The Morgan fingerprint density at radius 3 is 2.81 bits per heavy atom. The van der Waals surface area contributed by atoms with E-state index in [1.165, 1.54) is 0 Å². The number of nitrogens with zero attached hydrogens (tertiary/aromatic N) is 2. The van der Waals surface area contributed by atoms with Crippen LogP contribution in [0.25, 0.3) is 10.6 Å². The number of thiophene rings is 1. The van der Waals surface area contributed by atoms with Gasteiger partial charge in [-0.25, -0.2) is 0 Å². The summed E-state index contributed by atoms with van der Waals surface area (Å²) in [6, 6.07) is 11.3. The Morgan fingerprint density at radius 1 is 1.22 bits per heavy atom. The van der Waals surface area contributed by atoms with Crippen molar-refractivity contribution in [3.05, 3.63) is 53.0 Å². The van der Waals surface area contributed by atoms with Crippen molar-refractivity contribution in [1.29, 1.82) is 0 Å². The number of thioether (sulfide) groups is 1. The molecule has 1 saturated heterocycles. The standard InChI is InChI=1S/C19H18N2O4S2/c1-23-14-6-5-12(10-15(14)24-2)19-21(7-9-27-19)18(22)13-11-16(25-20-13)17-4-3-8-26-17/h3-6,8,10-11,19H,7,9H2,1-2H3. The Kier molecular flexibility index (Phi) is 5.09. The number of benzene rings is 1. The minimum Gasteiger partial charge on any atom is -0.493 e. The number of aromatic nitrogens is 1. The van der Waals surface area contributed by atoms with E-state index in [2.05, 4.69) is 5.16 Å². The van der Waals surface area contributed by atoms with Crippen molar-refractivity contribution in [3.8, 4) is 22.1 Å². The summed E-state index contributed by atoms with van der Waals surface area (Å²) in [6.45, 7) is 0.656. The van der Waals surface area contributed by atoms with Crippen LogP contribution in [0.1, 0.15) is 21.4 Å². The lowest BCUT2D eigenvalue weighted by atomic mass is 10.1. The quantitative estimate of drug-likeness (QED) is 0.634. The van der Waals surface area contributed by atoms with Crippen LogP contribution in [0.15, 0.2) is 46.3 Å². The van der Waals surface area contributed by atoms with Gasteiger partial charge in [-0.15, -0.1) is 23.1 Å². The maximum atomic E-state index is 13.0. The second-order valence-electron chi connectivity index (χ2n) is 5.89. The second kappa shape index (κ2) is 7.66. The van der Waals surface area contributed by atoms with Gasteiger partial charge in [0.2, 0.25) is 0 Å². The summed E-state index contributed by atoms with van der Waals surface area (Å²) in [5.74, 6) is 2.66. The molecule has 1 unspecified atom stereocenters. The molecule has 0 aliphatic carbocycles. The summed E-state index contributed by atoms with van der Waals surface area (Å²) in [5, 5.41) is 5.86. The molecule has 0 bridgehead atoms. The lowest BCUT2D eigenvalue weighted by Gasteiger charge is -2.23. The molecule has 1 fully saturated rings. The van der Waals surface area contributed by atoms with E-state index in [9.17, 15) is 4.79 Å². The van der Waals surface area contributed by atoms with E-state index in [0.29, 0.717) is 29.5 Å². The van der Waals surface area contributed by atoms with Crippen LogP contribution in [-0.2, 0) is 0 Å². The maximum Gasteiger partial charge on any atom is 0.277 e. The molecule has 0 spiro atoms.